The molecule has 12 heavy (non-hydrogen) atoms. The Balaban J connectivity index is 4.52. The maximum atomic E-state index is 12.0. The fourth-order valence-corrected chi connectivity index (χ4v) is 3.11. The van der Waals surface area contributed by atoms with Crippen molar-refractivity contribution in [2.75, 3.05) is 24.3 Å². The zero-order valence-electron chi connectivity index (χ0n) is 6.30. The number of halogens is 3. The van der Waals surface area contributed by atoms with Gasteiger partial charge in [0.2, 0.25) is 0 Å². The van der Waals surface area contributed by atoms with Crippen molar-refractivity contribution in [1.82, 2.24) is 0 Å². The van der Waals surface area contributed by atoms with Gasteiger partial charge in [-0.2, -0.15) is 8.42 Å². The van der Waals surface area contributed by atoms with E-state index >= 15 is 0 Å². The number of rotatable bonds is 5. The molecule has 0 rings (SSSR count). The molecule has 0 aromatic rings. The topological polar surface area (TPSA) is 43.4 Å². The molecule has 0 bridgehead atoms. The lowest BCUT2D eigenvalue weighted by molar-refractivity contribution is 0.462. The summed E-state index contributed by atoms with van der Waals surface area (Å²) in [6.45, 7) is 0. The van der Waals surface area contributed by atoms with Crippen molar-refractivity contribution in [2.24, 2.45) is 0 Å². The summed E-state index contributed by atoms with van der Waals surface area (Å²) in [5.74, 6) is 0. The molecule has 0 unspecified atom stereocenters. The summed E-state index contributed by atoms with van der Waals surface area (Å²) in [7, 11) is -7.36. The normalized spacial score (nSPS) is 14.7. The summed E-state index contributed by atoms with van der Waals surface area (Å²) >= 11 is 0. The van der Waals surface area contributed by atoms with Gasteiger partial charge in [-0.1, -0.05) is 0 Å². The van der Waals surface area contributed by atoms with Crippen LogP contribution in [-0.4, -0.2) is 32.7 Å². The van der Waals surface area contributed by atoms with Gasteiger partial charge in [-0.15, -0.1) is 0 Å². The predicted molar refractivity (Wildman–Crippen MR) is 41.4 cm³/mol. The molecule has 0 atom stereocenters. The predicted octanol–water partition coefficient (Wildman–Crippen LogP) is 1.46. The largest absolute Gasteiger partial charge is 0.273 e. The van der Waals surface area contributed by atoms with E-state index in [1.165, 1.54) is 0 Å². The maximum absolute atomic E-state index is 12.0. The van der Waals surface area contributed by atoms with Gasteiger partial charge in [-0.3, -0.25) is 0 Å². The van der Waals surface area contributed by atoms with Crippen LogP contribution in [0.5, 0.6) is 0 Å². The molecule has 0 spiro atoms. The van der Waals surface area contributed by atoms with Crippen LogP contribution in [0.15, 0.2) is 0 Å². The first-order valence-corrected chi connectivity index (χ1v) is 6.62. The van der Waals surface area contributed by atoms with Crippen LogP contribution in [-0.2, 0) is 13.7 Å². The van der Waals surface area contributed by atoms with Crippen LogP contribution in [0.4, 0.5) is 13.2 Å². The molecule has 0 aliphatic carbocycles. The second kappa shape index (κ2) is 4.33. The Morgan fingerprint density at radius 3 is 1.50 bits per heavy atom. The highest BCUT2D eigenvalue weighted by Crippen LogP contribution is 2.50. The highest BCUT2D eigenvalue weighted by Gasteiger charge is 2.30. The second-order valence-corrected chi connectivity index (χ2v) is 6.60. The molecule has 0 radical (unpaired) electrons. The molecule has 0 aliphatic heterocycles. The zero-order chi connectivity index (χ0) is 9.83. The molecule has 3 nitrogen and oxygen atoms in total. The van der Waals surface area contributed by atoms with Crippen molar-refractivity contribution in [3.8, 4) is 0 Å². The smallest absolute Gasteiger partial charge is 0.238 e. The van der Waals surface area contributed by atoms with Gasteiger partial charge < -0.3 is 0 Å². The first-order chi connectivity index (χ1) is 5.39. The highest BCUT2D eigenvalue weighted by molar-refractivity contribution is 8.32. The van der Waals surface area contributed by atoms with Crippen LogP contribution in [0.2, 0.25) is 0 Å². The lowest BCUT2D eigenvalue weighted by Crippen LogP contribution is -2.15. The lowest BCUT2D eigenvalue weighted by atomic mass is 11.7. The maximum Gasteiger partial charge on any atom is 0.273 e. The van der Waals surface area contributed by atoms with E-state index in [1.807, 2.05) is 0 Å². The lowest BCUT2D eigenvalue weighted by Gasteiger charge is -2.27. The van der Waals surface area contributed by atoms with Gasteiger partial charge in [0.05, 0.1) is 6.26 Å². The molecular weight excluding hydrogens is 217 g/mol. The Labute approximate surface area is 70.5 Å². The zero-order valence-corrected chi connectivity index (χ0v) is 7.93. The molecule has 0 heterocycles. The van der Waals surface area contributed by atoms with Crippen LogP contribution in [0.3, 0.4) is 0 Å². The van der Waals surface area contributed by atoms with Crippen LogP contribution in [0, 0.1) is 0 Å². The van der Waals surface area contributed by atoms with Crippen LogP contribution in [0.1, 0.15) is 0 Å². The van der Waals surface area contributed by atoms with E-state index < -0.39 is 38.4 Å². The van der Waals surface area contributed by atoms with Crippen molar-refractivity contribution in [3.05, 3.63) is 0 Å². The molecule has 0 aromatic heterocycles. The van der Waals surface area contributed by atoms with Crippen molar-refractivity contribution in [3.63, 3.8) is 0 Å². The first-order valence-electron chi connectivity index (χ1n) is 2.74. The summed E-state index contributed by atoms with van der Waals surface area (Å²) in [6.07, 6.45) is 0.621. The third-order valence-electron chi connectivity index (χ3n) is 0.864. The van der Waals surface area contributed by atoms with E-state index in [2.05, 4.69) is 3.63 Å². The Kier molecular flexibility index (Phi) is 4.35. The quantitative estimate of drug-likeness (QED) is 0.712. The SMILES string of the molecule is CS(=O)(=O)OS(CF)(CF)CF. The Bertz CT molecular complexity index is 215. The van der Waals surface area contributed by atoms with Crippen LogP contribution >= 0.6 is 10.3 Å². The molecule has 0 fully saturated rings. The van der Waals surface area contributed by atoms with Crippen molar-refractivity contribution < 1.29 is 25.2 Å². The second-order valence-electron chi connectivity index (χ2n) is 2.07. The average molecular weight is 226 g/mol. The molecule has 76 valence electrons. The first kappa shape index (κ1) is 12.0. The Hall–Kier alpha value is 0.0500. The average Bonchev–Trinajstić information content (AvgIpc) is 1.99. The monoisotopic (exact) mass is 226 g/mol. The fraction of sp³-hybridized carbons (Fsp3) is 1.00. The highest BCUT2D eigenvalue weighted by atomic mass is 32.3. The van der Waals surface area contributed by atoms with E-state index in [0.717, 1.165) is 0 Å². The number of hydrogen-bond acceptors (Lipinski definition) is 3. The van der Waals surface area contributed by atoms with Gasteiger partial charge in [0.25, 0.3) is 10.1 Å². The summed E-state index contributed by atoms with van der Waals surface area (Å²) in [6, 6.07) is -4.31. The summed E-state index contributed by atoms with van der Waals surface area (Å²) in [5.41, 5.74) is 0. The summed E-state index contributed by atoms with van der Waals surface area (Å²) < 4.78 is 60.9. The molecule has 8 heteroatoms. The standard InChI is InChI=1S/C4H9F3O3S2/c1-11(8,9)10-12(2-5,3-6)4-7/h2-4H2,1H3. The third kappa shape index (κ3) is 3.63. The van der Waals surface area contributed by atoms with Crippen LogP contribution < -0.4 is 0 Å². The minimum absolute atomic E-state index is 0.621. The fourth-order valence-electron chi connectivity index (χ4n) is 0.404. The van der Waals surface area contributed by atoms with Crippen molar-refractivity contribution in [2.45, 2.75) is 0 Å². The van der Waals surface area contributed by atoms with Gasteiger partial charge in [0.1, 0.15) is 18.0 Å². The summed E-state index contributed by atoms with van der Waals surface area (Å²) in [5, 5.41) is 0. The van der Waals surface area contributed by atoms with E-state index in [0.29, 0.717) is 6.26 Å². The van der Waals surface area contributed by atoms with E-state index in [4.69, 9.17) is 0 Å². The van der Waals surface area contributed by atoms with E-state index in [9.17, 15) is 21.6 Å². The van der Waals surface area contributed by atoms with Gasteiger partial charge in [-0.05, 0) is 10.3 Å². The van der Waals surface area contributed by atoms with Gasteiger partial charge in [0.15, 0.2) is 0 Å². The molecular formula is C4H9F3O3S2. The van der Waals surface area contributed by atoms with Gasteiger partial charge in [-0.25, -0.2) is 16.8 Å². The minimum Gasteiger partial charge on any atom is -0.238 e. The molecule has 0 N–H and O–H groups in total. The Morgan fingerprint density at radius 2 is 1.42 bits per heavy atom. The van der Waals surface area contributed by atoms with E-state index in [1.54, 1.807) is 0 Å². The number of alkyl halides is 3. The van der Waals surface area contributed by atoms with Crippen molar-refractivity contribution >= 4 is 20.4 Å². The summed E-state index contributed by atoms with van der Waals surface area (Å²) in [4.78, 5) is 0. The number of hydrogen-bond donors (Lipinski definition) is 0. The molecule has 0 aromatic carbocycles. The van der Waals surface area contributed by atoms with Crippen LogP contribution in [0.25, 0.3) is 0 Å². The van der Waals surface area contributed by atoms with Gasteiger partial charge >= 0.3 is 0 Å². The molecule has 0 saturated carbocycles. The molecule has 0 aliphatic rings. The minimum atomic E-state index is -4.00. The third-order valence-corrected chi connectivity index (χ3v) is 4.20. The van der Waals surface area contributed by atoms with Gasteiger partial charge in [0, 0.05) is 0 Å². The molecule has 0 saturated heterocycles. The van der Waals surface area contributed by atoms with Crippen molar-refractivity contribution in [1.29, 1.82) is 0 Å². The molecule has 0 amide bonds. The van der Waals surface area contributed by atoms with E-state index in [-0.39, 0.29) is 0 Å². The Morgan fingerprint density at radius 1 is 1.08 bits per heavy atom.